The third kappa shape index (κ3) is 5.11. The Kier molecular flexibility index (Phi) is 7.57. The molecule has 182 valence electrons. The molecule has 0 aliphatic carbocycles. The Bertz CT molecular complexity index is 1270. The third-order valence-corrected chi connectivity index (χ3v) is 7.67. The lowest BCUT2D eigenvalue weighted by Gasteiger charge is -2.52. The van der Waals surface area contributed by atoms with Gasteiger partial charge in [-0.1, -0.05) is 48.0 Å². The van der Waals surface area contributed by atoms with Crippen LogP contribution in [-0.2, 0) is 16.1 Å². The number of thiophene rings is 1. The van der Waals surface area contributed by atoms with Crippen molar-refractivity contribution in [2.24, 2.45) is 0 Å². The van der Waals surface area contributed by atoms with Crippen LogP contribution in [0.2, 0.25) is 5.02 Å². The summed E-state index contributed by atoms with van der Waals surface area (Å²) in [5.74, 6) is -1.27. The van der Waals surface area contributed by atoms with E-state index >= 15 is 0 Å². The molecule has 0 spiro atoms. The van der Waals surface area contributed by atoms with E-state index in [1.807, 2.05) is 41.8 Å². The summed E-state index contributed by atoms with van der Waals surface area (Å²) in [5, 5.41) is 12.4. The van der Waals surface area contributed by atoms with Crippen LogP contribution in [0.25, 0.3) is 10.1 Å². The van der Waals surface area contributed by atoms with Gasteiger partial charge in [0.15, 0.2) is 0 Å². The van der Waals surface area contributed by atoms with Crippen LogP contribution in [0.1, 0.15) is 41.6 Å². The smallest absolute Gasteiger partial charge is 0.303 e. The lowest BCUT2D eigenvalue weighted by atomic mass is 9.79. The van der Waals surface area contributed by atoms with Gasteiger partial charge in [-0.2, -0.15) is 0 Å². The maximum Gasteiger partial charge on any atom is 0.303 e. The van der Waals surface area contributed by atoms with Crippen LogP contribution in [0.5, 0.6) is 0 Å². The lowest BCUT2D eigenvalue weighted by Crippen LogP contribution is -2.69. The van der Waals surface area contributed by atoms with Crippen molar-refractivity contribution in [1.29, 1.82) is 0 Å². The van der Waals surface area contributed by atoms with Gasteiger partial charge in [0, 0.05) is 46.5 Å². The average Bonchev–Trinajstić information content (AvgIpc) is 3.25. The molecule has 3 aromatic rings. The highest BCUT2D eigenvalue weighted by Crippen LogP contribution is 2.39. The number of nitrogens with zero attached hydrogens (tertiary/aromatic N) is 2. The van der Waals surface area contributed by atoms with E-state index in [-0.39, 0.29) is 31.3 Å². The summed E-state index contributed by atoms with van der Waals surface area (Å²) < 4.78 is 1.02. The molecule has 0 saturated carbocycles. The highest BCUT2D eigenvalue weighted by molar-refractivity contribution is 7.17. The van der Waals surface area contributed by atoms with E-state index in [4.69, 9.17) is 16.7 Å². The Morgan fingerprint density at radius 1 is 1.20 bits per heavy atom. The summed E-state index contributed by atoms with van der Waals surface area (Å²) in [6.07, 6.45) is 2.80. The zero-order valence-corrected chi connectivity index (χ0v) is 20.9. The van der Waals surface area contributed by atoms with Gasteiger partial charge in [-0.25, -0.2) is 0 Å². The first-order valence-electron chi connectivity index (χ1n) is 11.5. The number of carboxylic acid groups (broad SMARTS) is 1. The van der Waals surface area contributed by atoms with E-state index in [1.54, 1.807) is 28.0 Å². The second-order valence-electron chi connectivity index (χ2n) is 8.73. The van der Waals surface area contributed by atoms with E-state index < -0.39 is 11.5 Å². The van der Waals surface area contributed by atoms with Gasteiger partial charge in [-0.3, -0.25) is 14.4 Å². The first kappa shape index (κ1) is 24.9. The molecule has 1 aliphatic rings. The first-order chi connectivity index (χ1) is 16.9. The summed E-state index contributed by atoms with van der Waals surface area (Å²) in [6.45, 7) is 4.87. The molecule has 2 heterocycles. The molecule has 2 aromatic carbocycles. The maximum absolute atomic E-state index is 14.1. The molecule has 1 aromatic heterocycles. The number of fused-ring (bicyclic) bond motifs is 1. The van der Waals surface area contributed by atoms with Gasteiger partial charge in [-0.15, -0.1) is 17.9 Å². The van der Waals surface area contributed by atoms with Crippen LogP contribution in [-0.4, -0.2) is 51.3 Å². The Morgan fingerprint density at radius 2 is 2.00 bits per heavy atom. The van der Waals surface area contributed by atoms with Crippen LogP contribution in [0.4, 0.5) is 0 Å². The third-order valence-electron chi connectivity index (χ3n) is 6.47. The molecule has 1 fully saturated rings. The molecule has 6 nitrogen and oxygen atoms in total. The molecule has 1 aliphatic heterocycles. The summed E-state index contributed by atoms with van der Waals surface area (Å²) in [5.41, 5.74) is 0.402. The second kappa shape index (κ2) is 10.6. The molecular formula is C27H27ClN2O4S. The molecule has 1 atom stereocenters. The topological polar surface area (TPSA) is 77.9 Å². The number of aliphatic carboxylic acids is 1. The molecule has 4 rings (SSSR count). The van der Waals surface area contributed by atoms with Crippen molar-refractivity contribution in [2.75, 3.05) is 13.1 Å². The summed E-state index contributed by atoms with van der Waals surface area (Å²) in [6, 6.07) is 15.0. The van der Waals surface area contributed by atoms with Gasteiger partial charge < -0.3 is 14.9 Å². The summed E-state index contributed by atoms with van der Waals surface area (Å²) >= 11 is 7.66. The molecule has 1 unspecified atom stereocenters. The van der Waals surface area contributed by atoms with Crippen molar-refractivity contribution in [2.45, 2.75) is 37.8 Å². The highest BCUT2D eigenvalue weighted by Gasteiger charge is 2.54. The first-order valence-corrected chi connectivity index (χ1v) is 12.8. The minimum Gasteiger partial charge on any atom is -0.481 e. The normalized spacial score (nSPS) is 17.1. The van der Waals surface area contributed by atoms with Gasteiger partial charge in [-0.05, 0) is 43.0 Å². The molecule has 1 N–H and O–H groups in total. The van der Waals surface area contributed by atoms with Crippen molar-refractivity contribution in [3.63, 3.8) is 0 Å². The van der Waals surface area contributed by atoms with Crippen LogP contribution < -0.4 is 0 Å². The van der Waals surface area contributed by atoms with Crippen molar-refractivity contribution >= 4 is 50.8 Å². The van der Waals surface area contributed by atoms with Gasteiger partial charge in [0.25, 0.3) is 5.91 Å². The minimum atomic E-state index is -1.04. The number of amides is 2. The van der Waals surface area contributed by atoms with Crippen LogP contribution >= 0.6 is 22.9 Å². The largest absolute Gasteiger partial charge is 0.481 e. The fourth-order valence-electron chi connectivity index (χ4n) is 4.66. The van der Waals surface area contributed by atoms with E-state index in [1.165, 1.54) is 11.3 Å². The van der Waals surface area contributed by atoms with Gasteiger partial charge >= 0.3 is 5.97 Å². The van der Waals surface area contributed by atoms with E-state index in [9.17, 15) is 14.4 Å². The van der Waals surface area contributed by atoms with Gasteiger partial charge in [0.05, 0.1) is 5.56 Å². The summed E-state index contributed by atoms with van der Waals surface area (Å²) in [7, 11) is 0. The Morgan fingerprint density at radius 3 is 2.69 bits per heavy atom. The fourth-order valence-corrected chi connectivity index (χ4v) is 5.81. The lowest BCUT2D eigenvalue weighted by molar-refractivity contribution is -0.151. The van der Waals surface area contributed by atoms with Crippen LogP contribution in [0, 0.1) is 0 Å². The molecular weight excluding hydrogens is 484 g/mol. The number of halogens is 1. The number of hydrogen-bond acceptors (Lipinski definition) is 4. The molecule has 0 bridgehead atoms. The molecule has 8 heteroatoms. The van der Waals surface area contributed by atoms with E-state index in [2.05, 4.69) is 6.58 Å². The number of rotatable bonds is 10. The fraction of sp³-hybridized carbons (Fsp3) is 0.296. The number of hydrogen-bond donors (Lipinski definition) is 1. The SMILES string of the molecule is C=CCC1(C(=O)N(CCCC(=O)O)Cc2cccc(Cl)c2)CCN1C(=O)c1csc2ccccc12. The van der Waals surface area contributed by atoms with E-state index in [0.717, 1.165) is 15.6 Å². The zero-order valence-electron chi connectivity index (χ0n) is 19.3. The van der Waals surface area contributed by atoms with Crippen molar-refractivity contribution in [1.82, 2.24) is 9.80 Å². The zero-order chi connectivity index (χ0) is 25.0. The second-order valence-corrected chi connectivity index (χ2v) is 10.1. The molecule has 0 radical (unpaired) electrons. The molecule has 1 saturated heterocycles. The predicted molar refractivity (Wildman–Crippen MR) is 139 cm³/mol. The van der Waals surface area contributed by atoms with Crippen molar-refractivity contribution < 1.29 is 19.5 Å². The number of carbonyl (C=O) groups is 3. The quantitative estimate of drug-likeness (QED) is 0.360. The average molecular weight is 511 g/mol. The number of likely N-dealkylation sites (tertiary alicyclic amines) is 1. The highest BCUT2D eigenvalue weighted by atomic mass is 35.5. The Labute approximate surface area is 213 Å². The van der Waals surface area contributed by atoms with Gasteiger partial charge in [0.2, 0.25) is 5.91 Å². The van der Waals surface area contributed by atoms with E-state index in [0.29, 0.717) is 36.4 Å². The predicted octanol–water partition coefficient (Wildman–Crippen LogP) is 5.61. The number of carboxylic acids is 1. The molecule has 2 amide bonds. The van der Waals surface area contributed by atoms with Gasteiger partial charge in [0.1, 0.15) is 5.54 Å². The molecule has 35 heavy (non-hydrogen) atoms. The van der Waals surface area contributed by atoms with Crippen LogP contribution in [0.15, 0.2) is 66.6 Å². The summed E-state index contributed by atoms with van der Waals surface area (Å²) in [4.78, 5) is 42.1. The van der Waals surface area contributed by atoms with Crippen molar-refractivity contribution in [3.8, 4) is 0 Å². The Hall–Kier alpha value is -3.16. The van der Waals surface area contributed by atoms with Crippen LogP contribution in [0.3, 0.4) is 0 Å². The number of carbonyl (C=O) groups excluding carboxylic acids is 2. The minimum absolute atomic E-state index is 0.0443. The Balaban J connectivity index is 1.64. The maximum atomic E-state index is 14.1. The standard InChI is InChI=1S/C27H27ClN2O4S/c1-2-12-27(13-15-30(27)25(33)22-18-35-23-10-4-3-9-21(22)23)26(34)29(14-6-11-24(31)32)17-19-7-5-8-20(28)16-19/h2-5,7-10,16,18H,1,6,11-15,17H2,(H,31,32). The van der Waals surface area contributed by atoms with Crippen molar-refractivity contribution in [3.05, 3.63) is 82.7 Å². The monoisotopic (exact) mass is 510 g/mol. The number of benzene rings is 2.